The van der Waals surface area contributed by atoms with Crippen LogP contribution in [0.1, 0.15) is 24.2 Å². The topological polar surface area (TPSA) is 87.7 Å². The van der Waals surface area contributed by atoms with Crippen LogP contribution in [-0.4, -0.2) is 37.0 Å². The molecule has 0 saturated heterocycles. The van der Waals surface area contributed by atoms with E-state index < -0.39 is 12.6 Å². The molecule has 0 aromatic heterocycles. The number of benzene rings is 3. The highest BCUT2D eigenvalue weighted by Gasteiger charge is 2.21. The normalized spacial score (nSPS) is 10.4. The Labute approximate surface area is 193 Å². The zero-order valence-corrected chi connectivity index (χ0v) is 18.7. The Hall–Kier alpha value is -4.13. The number of esters is 1. The zero-order chi connectivity index (χ0) is 23.6. The molecule has 0 aliphatic heterocycles. The molecular weight excluding hydrogens is 418 g/mol. The van der Waals surface area contributed by atoms with Crippen molar-refractivity contribution < 1.29 is 19.1 Å². The average Bonchev–Trinajstić information content (AvgIpc) is 2.83. The van der Waals surface area contributed by atoms with Crippen LogP contribution in [-0.2, 0) is 14.3 Å². The van der Waals surface area contributed by atoms with Crippen molar-refractivity contribution in [1.29, 1.82) is 0 Å². The highest BCUT2D eigenvalue weighted by molar-refractivity contribution is 5.97. The van der Waals surface area contributed by atoms with E-state index in [0.717, 1.165) is 11.4 Å². The van der Waals surface area contributed by atoms with Gasteiger partial charge in [-0.25, -0.2) is 0 Å². The predicted octanol–water partition coefficient (Wildman–Crippen LogP) is 4.14. The fourth-order valence-electron chi connectivity index (χ4n) is 3.23. The molecule has 0 aliphatic carbocycles. The van der Waals surface area contributed by atoms with Crippen LogP contribution in [0.4, 0.5) is 17.1 Å². The third-order valence-electron chi connectivity index (χ3n) is 4.78. The highest BCUT2D eigenvalue weighted by Crippen LogP contribution is 2.23. The lowest BCUT2D eigenvalue weighted by molar-refractivity contribution is -0.146. The fraction of sp³-hybridized carbons (Fsp3) is 0.192. The van der Waals surface area contributed by atoms with Gasteiger partial charge in [-0.2, -0.15) is 0 Å². The number of amides is 2. The summed E-state index contributed by atoms with van der Waals surface area (Å²) in [6, 6.07) is 25.6. The van der Waals surface area contributed by atoms with Crippen LogP contribution in [0.15, 0.2) is 84.9 Å². The first-order chi connectivity index (χ1) is 15.9. The van der Waals surface area contributed by atoms with E-state index in [0.29, 0.717) is 11.3 Å². The van der Waals surface area contributed by atoms with E-state index in [9.17, 15) is 14.4 Å². The molecule has 0 bridgehead atoms. The molecule has 0 heterocycles. The molecular formula is C26H27N3O4. The Morgan fingerprint density at radius 1 is 0.818 bits per heavy atom. The van der Waals surface area contributed by atoms with Gasteiger partial charge in [0.15, 0.2) is 6.61 Å². The number of anilines is 3. The number of nitrogens with one attached hydrogen (secondary N) is 2. The number of carbonyl (C=O) groups excluding carboxylic acids is 3. The molecule has 3 rings (SSSR count). The molecule has 0 aliphatic rings. The molecule has 2 amide bonds. The Morgan fingerprint density at radius 2 is 1.39 bits per heavy atom. The minimum atomic E-state index is -0.682. The maximum absolute atomic E-state index is 12.8. The van der Waals surface area contributed by atoms with Crippen molar-refractivity contribution in [1.82, 2.24) is 5.32 Å². The molecule has 7 nitrogen and oxygen atoms in total. The van der Waals surface area contributed by atoms with E-state index in [1.54, 1.807) is 35.2 Å². The molecule has 3 aromatic carbocycles. The molecule has 33 heavy (non-hydrogen) atoms. The summed E-state index contributed by atoms with van der Waals surface area (Å²) in [5.74, 6) is -1.41. The average molecular weight is 446 g/mol. The predicted molar refractivity (Wildman–Crippen MR) is 129 cm³/mol. The molecule has 170 valence electrons. The third kappa shape index (κ3) is 6.93. The third-order valence-corrected chi connectivity index (χ3v) is 4.78. The van der Waals surface area contributed by atoms with Gasteiger partial charge in [-0.1, -0.05) is 36.4 Å². The first-order valence-electron chi connectivity index (χ1n) is 10.7. The molecule has 0 atom stereocenters. The number of carbonyl (C=O) groups is 3. The van der Waals surface area contributed by atoms with Gasteiger partial charge in [0.2, 0.25) is 0 Å². The van der Waals surface area contributed by atoms with Crippen molar-refractivity contribution in [3.8, 4) is 0 Å². The molecule has 0 unspecified atom stereocenters. The second-order valence-corrected chi connectivity index (χ2v) is 7.60. The summed E-state index contributed by atoms with van der Waals surface area (Å²) in [5.41, 5.74) is 3.00. The van der Waals surface area contributed by atoms with E-state index >= 15 is 0 Å². The molecule has 0 saturated carbocycles. The Kier molecular flexibility index (Phi) is 8.18. The first-order valence-corrected chi connectivity index (χ1v) is 10.7. The number of nitrogens with zero attached hydrogens (tertiary/aromatic N) is 1. The van der Waals surface area contributed by atoms with E-state index in [4.69, 9.17) is 4.74 Å². The van der Waals surface area contributed by atoms with Crippen LogP contribution < -0.4 is 15.5 Å². The van der Waals surface area contributed by atoms with Crippen molar-refractivity contribution in [2.75, 3.05) is 23.4 Å². The summed E-state index contributed by atoms with van der Waals surface area (Å²) in [6.07, 6.45) is 0. The maximum Gasteiger partial charge on any atom is 0.325 e. The quantitative estimate of drug-likeness (QED) is 0.483. The van der Waals surface area contributed by atoms with Crippen LogP contribution in [0, 0.1) is 0 Å². The van der Waals surface area contributed by atoms with Gasteiger partial charge in [-0.15, -0.1) is 0 Å². The molecule has 0 fully saturated rings. The summed E-state index contributed by atoms with van der Waals surface area (Å²) >= 11 is 0. The maximum atomic E-state index is 12.8. The lowest BCUT2D eigenvalue weighted by Gasteiger charge is -2.27. The molecule has 0 spiro atoms. The first kappa shape index (κ1) is 23.5. The second kappa shape index (κ2) is 11.5. The van der Waals surface area contributed by atoms with Gasteiger partial charge in [0.1, 0.15) is 6.54 Å². The number of para-hydroxylation sites is 1. The Balaban J connectivity index is 1.53. The van der Waals surface area contributed by atoms with Crippen LogP contribution in [0.25, 0.3) is 0 Å². The van der Waals surface area contributed by atoms with Crippen LogP contribution >= 0.6 is 0 Å². The number of ether oxygens (including phenoxy) is 1. The van der Waals surface area contributed by atoms with Gasteiger partial charge in [-0.05, 0) is 62.4 Å². The second-order valence-electron chi connectivity index (χ2n) is 7.60. The SMILES string of the molecule is CC(C)N(C(=O)COC(=O)CNC(=O)c1ccccc1)c1ccc(Nc2ccccc2)cc1. The number of hydrogen-bond donors (Lipinski definition) is 2. The smallest absolute Gasteiger partial charge is 0.325 e. The lowest BCUT2D eigenvalue weighted by atomic mass is 10.2. The van der Waals surface area contributed by atoms with Crippen molar-refractivity contribution in [3.63, 3.8) is 0 Å². The van der Waals surface area contributed by atoms with Gasteiger partial charge in [0, 0.05) is 28.7 Å². The molecule has 3 aromatic rings. The molecule has 2 N–H and O–H groups in total. The van der Waals surface area contributed by atoms with E-state index in [1.165, 1.54) is 0 Å². The largest absolute Gasteiger partial charge is 0.454 e. The minimum Gasteiger partial charge on any atom is -0.454 e. The summed E-state index contributed by atoms with van der Waals surface area (Å²) in [5, 5.41) is 5.78. The van der Waals surface area contributed by atoms with E-state index in [2.05, 4.69) is 10.6 Å². The van der Waals surface area contributed by atoms with Crippen LogP contribution in [0.2, 0.25) is 0 Å². The summed E-state index contributed by atoms with van der Waals surface area (Å²) in [4.78, 5) is 38.4. The van der Waals surface area contributed by atoms with Crippen molar-refractivity contribution in [2.45, 2.75) is 19.9 Å². The standard InChI is InChI=1S/C26H27N3O4/c1-19(2)29(23-15-13-22(14-16-23)28-21-11-7-4-8-12-21)24(30)18-33-25(31)17-27-26(32)20-9-5-3-6-10-20/h3-16,19,28H,17-18H2,1-2H3,(H,27,32). The van der Waals surface area contributed by atoms with E-state index in [-0.39, 0.29) is 24.4 Å². The fourth-order valence-corrected chi connectivity index (χ4v) is 3.23. The van der Waals surface area contributed by atoms with Crippen molar-refractivity contribution in [3.05, 3.63) is 90.5 Å². The zero-order valence-electron chi connectivity index (χ0n) is 18.7. The number of hydrogen-bond acceptors (Lipinski definition) is 5. The Morgan fingerprint density at radius 3 is 2.00 bits per heavy atom. The summed E-state index contributed by atoms with van der Waals surface area (Å²) < 4.78 is 5.09. The lowest BCUT2D eigenvalue weighted by Crippen LogP contribution is -2.40. The van der Waals surface area contributed by atoms with Crippen molar-refractivity contribution in [2.24, 2.45) is 0 Å². The minimum absolute atomic E-state index is 0.137. The van der Waals surface area contributed by atoms with Crippen LogP contribution in [0.3, 0.4) is 0 Å². The van der Waals surface area contributed by atoms with Crippen LogP contribution in [0.5, 0.6) is 0 Å². The summed E-state index contributed by atoms with van der Waals surface area (Å²) in [6.45, 7) is 3.04. The molecule has 0 radical (unpaired) electrons. The van der Waals surface area contributed by atoms with Crippen molar-refractivity contribution >= 4 is 34.8 Å². The Bertz CT molecular complexity index is 1070. The van der Waals surface area contributed by atoms with E-state index in [1.807, 2.05) is 68.4 Å². The van der Waals surface area contributed by atoms with Gasteiger partial charge >= 0.3 is 5.97 Å². The van der Waals surface area contributed by atoms with Gasteiger partial charge < -0.3 is 20.3 Å². The number of rotatable bonds is 9. The van der Waals surface area contributed by atoms with Gasteiger partial charge in [0.05, 0.1) is 0 Å². The molecule has 7 heteroatoms. The summed E-state index contributed by atoms with van der Waals surface area (Å²) in [7, 11) is 0. The monoisotopic (exact) mass is 445 g/mol. The highest BCUT2D eigenvalue weighted by atomic mass is 16.5. The van der Waals surface area contributed by atoms with Gasteiger partial charge in [-0.3, -0.25) is 14.4 Å². The van der Waals surface area contributed by atoms with Gasteiger partial charge in [0.25, 0.3) is 11.8 Å².